The highest BCUT2D eigenvalue weighted by molar-refractivity contribution is 6.26. The summed E-state index contributed by atoms with van der Waals surface area (Å²) in [6.45, 7) is 0. The van der Waals surface area contributed by atoms with Gasteiger partial charge in [0.25, 0.3) is 0 Å². The van der Waals surface area contributed by atoms with Gasteiger partial charge in [0.2, 0.25) is 0 Å². The van der Waals surface area contributed by atoms with Crippen LogP contribution in [0.15, 0.2) is 203 Å². The first-order valence-electron chi connectivity index (χ1n) is 22.5. The van der Waals surface area contributed by atoms with E-state index < -0.39 is 24.2 Å². The van der Waals surface area contributed by atoms with Crippen LogP contribution >= 0.6 is 0 Å². The molecule has 0 fully saturated rings. The van der Waals surface area contributed by atoms with E-state index in [0.717, 1.165) is 71.3 Å². The molecule has 0 N–H and O–H groups in total. The molecular weight excluding hydrogens is 681 g/mol. The number of benzene rings is 10. The molecule has 0 amide bonds. The Kier molecular flexibility index (Phi) is 5.18. The molecule has 2 aromatic heterocycles. The van der Waals surface area contributed by atoms with Gasteiger partial charge in [-0.1, -0.05) is 164 Å². The summed E-state index contributed by atoms with van der Waals surface area (Å²) in [5.74, 6) is 0. The lowest BCUT2D eigenvalue weighted by Gasteiger charge is -2.18. The van der Waals surface area contributed by atoms with E-state index in [0.29, 0.717) is 27.8 Å². The van der Waals surface area contributed by atoms with Gasteiger partial charge in [0.1, 0.15) is 22.3 Å². The van der Waals surface area contributed by atoms with E-state index in [1.807, 2.05) is 121 Å². The van der Waals surface area contributed by atoms with Gasteiger partial charge in [-0.2, -0.15) is 0 Å². The molecule has 0 unspecified atom stereocenters. The van der Waals surface area contributed by atoms with Crippen molar-refractivity contribution in [3.63, 3.8) is 0 Å². The summed E-state index contributed by atoms with van der Waals surface area (Å²) in [5, 5.41) is 6.82. The van der Waals surface area contributed by atoms with Crippen molar-refractivity contribution in [2.24, 2.45) is 0 Å². The highest BCUT2D eigenvalue weighted by atomic mass is 16.3. The Morgan fingerprint density at radius 1 is 0.321 bits per heavy atom. The summed E-state index contributed by atoms with van der Waals surface area (Å²) in [6, 6.07) is 44.3. The predicted molar refractivity (Wildman–Crippen MR) is 235 cm³/mol. The lowest BCUT2D eigenvalue weighted by molar-refractivity contribution is 0.663. The standard InChI is InChI=1S/C54H32O2/c1-2-12-39-34(10-1)11-9-18-40(39)35-22-26-37(27-23-35)52-43-15-5-3-13-41(43)51(42-14-4-6-16-44(42)52)36-24-20-33(21-25-36)38-28-29-46-50(32-38)56-49-31-30-48-53(54(46)49)45-17-7-8-19-47(45)55-48/h1-32H/i3D,4D,5D,6D,13D,14D,15D,16D. The zero-order valence-corrected chi connectivity index (χ0v) is 29.7. The van der Waals surface area contributed by atoms with Crippen LogP contribution in [0.3, 0.4) is 0 Å². The van der Waals surface area contributed by atoms with Crippen LogP contribution in [-0.2, 0) is 0 Å². The van der Waals surface area contributed by atoms with Crippen molar-refractivity contribution < 1.29 is 19.8 Å². The maximum Gasteiger partial charge on any atom is 0.136 e. The summed E-state index contributed by atoms with van der Waals surface area (Å²) >= 11 is 0. The quantitative estimate of drug-likeness (QED) is 0.169. The van der Waals surface area contributed by atoms with Crippen LogP contribution in [0, 0.1) is 0 Å². The number of fused-ring (bicyclic) bond motifs is 10. The molecule has 2 nitrogen and oxygen atoms in total. The molecular formula is C54H32O2. The van der Waals surface area contributed by atoms with Crippen molar-refractivity contribution in [3.8, 4) is 44.5 Å². The van der Waals surface area contributed by atoms with E-state index in [2.05, 4.69) is 24.3 Å². The molecule has 0 aliphatic heterocycles. The van der Waals surface area contributed by atoms with Crippen molar-refractivity contribution in [2.45, 2.75) is 0 Å². The highest BCUT2D eigenvalue weighted by Gasteiger charge is 2.19. The molecule has 0 atom stereocenters. The van der Waals surface area contributed by atoms with Crippen LogP contribution in [0.5, 0.6) is 0 Å². The molecule has 10 aromatic carbocycles. The number of rotatable bonds is 4. The van der Waals surface area contributed by atoms with E-state index in [4.69, 9.17) is 14.3 Å². The smallest absolute Gasteiger partial charge is 0.136 e. The lowest BCUT2D eigenvalue weighted by Crippen LogP contribution is -1.91. The Morgan fingerprint density at radius 2 is 0.804 bits per heavy atom. The Morgan fingerprint density at radius 3 is 1.45 bits per heavy atom. The summed E-state index contributed by atoms with van der Waals surface area (Å²) in [7, 11) is 0. The lowest BCUT2D eigenvalue weighted by atomic mass is 9.85. The number of hydrogen-bond acceptors (Lipinski definition) is 2. The Bertz CT molecular complexity index is 3890. The molecule has 0 bridgehead atoms. The first kappa shape index (κ1) is 24.1. The molecule has 260 valence electrons. The Labute approximate surface area is 333 Å². The van der Waals surface area contributed by atoms with E-state index in [9.17, 15) is 5.48 Å². The highest BCUT2D eigenvalue weighted by Crippen LogP contribution is 2.45. The summed E-state index contributed by atoms with van der Waals surface area (Å²) in [4.78, 5) is 0. The summed E-state index contributed by atoms with van der Waals surface area (Å²) < 4.78 is 85.4. The second-order valence-electron chi connectivity index (χ2n) is 14.2. The molecule has 2 heteroatoms. The van der Waals surface area contributed by atoms with Crippen molar-refractivity contribution >= 4 is 76.2 Å². The molecule has 12 aromatic rings. The molecule has 12 rings (SSSR count). The average Bonchev–Trinajstić information content (AvgIpc) is 3.90. The SMILES string of the molecule is [2H]c1c([2H])c([2H])c2c(-c3ccc(-c4cccc5ccccc45)cc3)c3c([2H])c([2H])c([2H])c([2H])c3c(-c3ccc(-c4ccc5c(c4)oc4ccc6oc7ccccc7c6c45)cc3)c2c1[2H]. The predicted octanol–water partition coefficient (Wildman–Crippen LogP) is 15.6. The second-order valence-corrected chi connectivity index (χ2v) is 14.2. The minimum Gasteiger partial charge on any atom is -0.456 e. The van der Waals surface area contributed by atoms with Gasteiger partial charge in [-0.25, -0.2) is 0 Å². The van der Waals surface area contributed by atoms with Crippen molar-refractivity contribution in [3.05, 3.63) is 194 Å². The van der Waals surface area contributed by atoms with E-state index >= 15 is 0 Å². The maximum atomic E-state index is 9.38. The van der Waals surface area contributed by atoms with Gasteiger partial charge in [-0.15, -0.1) is 0 Å². The van der Waals surface area contributed by atoms with Crippen LogP contribution in [0.2, 0.25) is 0 Å². The van der Waals surface area contributed by atoms with Crippen LogP contribution in [0.1, 0.15) is 11.0 Å². The van der Waals surface area contributed by atoms with Gasteiger partial charge >= 0.3 is 0 Å². The first-order chi connectivity index (χ1) is 31.1. The number of para-hydroxylation sites is 1. The van der Waals surface area contributed by atoms with E-state index in [1.54, 1.807) is 0 Å². The molecule has 56 heavy (non-hydrogen) atoms. The van der Waals surface area contributed by atoms with Crippen LogP contribution in [0.25, 0.3) is 121 Å². The fourth-order valence-corrected chi connectivity index (χ4v) is 8.59. The van der Waals surface area contributed by atoms with Crippen molar-refractivity contribution in [2.75, 3.05) is 0 Å². The molecule has 0 radical (unpaired) electrons. The average molecular weight is 721 g/mol. The van der Waals surface area contributed by atoms with E-state index in [1.165, 1.54) is 0 Å². The third-order valence-corrected chi connectivity index (χ3v) is 11.1. The monoisotopic (exact) mass is 720 g/mol. The third kappa shape index (κ3) is 4.63. The minimum absolute atomic E-state index is 0.172. The van der Waals surface area contributed by atoms with E-state index in [-0.39, 0.29) is 45.7 Å². The van der Waals surface area contributed by atoms with Gasteiger partial charge in [0.15, 0.2) is 0 Å². The molecule has 0 aliphatic rings. The molecule has 2 heterocycles. The maximum absolute atomic E-state index is 9.38. The normalized spacial score (nSPS) is 13.9. The Balaban J connectivity index is 1.06. The van der Waals surface area contributed by atoms with Gasteiger partial charge < -0.3 is 8.83 Å². The van der Waals surface area contributed by atoms with Gasteiger partial charge in [0.05, 0.1) is 11.0 Å². The largest absolute Gasteiger partial charge is 0.456 e. The fraction of sp³-hybridized carbons (Fsp3) is 0. The zero-order valence-electron chi connectivity index (χ0n) is 37.7. The zero-order chi connectivity index (χ0) is 43.7. The summed E-state index contributed by atoms with van der Waals surface area (Å²) in [6.07, 6.45) is 0. The Hall–Kier alpha value is -7.42. The minimum atomic E-state index is -0.437. The summed E-state index contributed by atoms with van der Waals surface area (Å²) in [5.41, 5.74) is 8.43. The molecule has 0 saturated carbocycles. The topological polar surface area (TPSA) is 26.3 Å². The molecule has 0 aliphatic carbocycles. The first-order valence-corrected chi connectivity index (χ1v) is 18.5. The van der Waals surface area contributed by atoms with Crippen LogP contribution in [0.4, 0.5) is 0 Å². The van der Waals surface area contributed by atoms with Crippen molar-refractivity contribution in [1.29, 1.82) is 0 Å². The number of furan rings is 2. The van der Waals surface area contributed by atoms with Crippen molar-refractivity contribution in [1.82, 2.24) is 0 Å². The fourth-order valence-electron chi connectivity index (χ4n) is 8.59. The third-order valence-electron chi connectivity index (χ3n) is 11.1. The molecule has 0 spiro atoms. The van der Waals surface area contributed by atoms with Crippen LogP contribution in [-0.4, -0.2) is 0 Å². The van der Waals surface area contributed by atoms with Crippen LogP contribution < -0.4 is 0 Å². The molecule has 0 saturated heterocycles. The van der Waals surface area contributed by atoms with Gasteiger partial charge in [-0.3, -0.25) is 0 Å². The van der Waals surface area contributed by atoms with Gasteiger partial charge in [-0.05, 0) is 107 Å². The second kappa shape index (κ2) is 12.0. The van der Waals surface area contributed by atoms with Gasteiger partial charge in [0, 0.05) is 21.5 Å². The number of hydrogen-bond donors (Lipinski definition) is 0.